The van der Waals surface area contributed by atoms with Gasteiger partial charge in [0.2, 0.25) is 0 Å². The van der Waals surface area contributed by atoms with Gasteiger partial charge in [0, 0.05) is 13.2 Å². The summed E-state index contributed by atoms with van der Waals surface area (Å²) in [6.07, 6.45) is 6.50. The Morgan fingerprint density at radius 2 is 2.24 bits per heavy atom. The molecule has 17 heavy (non-hydrogen) atoms. The minimum atomic E-state index is -0.407. The van der Waals surface area contributed by atoms with Crippen molar-refractivity contribution in [3.05, 3.63) is 23.9 Å². The van der Waals surface area contributed by atoms with E-state index in [0.29, 0.717) is 12.0 Å². The molecule has 4 nitrogen and oxygen atoms in total. The second kappa shape index (κ2) is 4.35. The van der Waals surface area contributed by atoms with Gasteiger partial charge in [-0.15, -0.1) is 0 Å². The standard InChI is InChI=1S/C13H17NO3/c1-8-5-4-6-10-12(15)11(8)9(7-14(10)2)13(16)17-3/h4-5,7-8,10-11H,6H2,1-3H3/t8?,10-,11-/m1/s1. The first-order valence-corrected chi connectivity index (χ1v) is 5.78. The van der Waals surface area contributed by atoms with Crippen molar-refractivity contribution in [2.24, 2.45) is 11.8 Å². The number of methoxy groups -OCH3 is 1. The minimum absolute atomic E-state index is 0.0477. The number of nitrogens with zero attached hydrogens (tertiary/aromatic N) is 1. The third-order valence-electron chi connectivity index (χ3n) is 3.55. The maximum Gasteiger partial charge on any atom is 0.335 e. The van der Waals surface area contributed by atoms with Crippen LogP contribution in [-0.4, -0.2) is 36.9 Å². The number of hydrogen-bond donors (Lipinski definition) is 0. The average molecular weight is 235 g/mol. The molecule has 4 heteroatoms. The van der Waals surface area contributed by atoms with Gasteiger partial charge in [-0.25, -0.2) is 4.79 Å². The second-order valence-corrected chi connectivity index (χ2v) is 4.66. The van der Waals surface area contributed by atoms with Gasteiger partial charge in [0.1, 0.15) is 0 Å². The van der Waals surface area contributed by atoms with Crippen LogP contribution in [-0.2, 0) is 14.3 Å². The Labute approximate surface area is 101 Å². The molecule has 2 rings (SSSR count). The lowest BCUT2D eigenvalue weighted by molar-refractivity contribution is -0.140. The van der Waals surface area contributed by atoms with E-state index in [9.17, 15) is 9.59 Å². The van der Waals surface area contributed by atoms with Crippen molar-refractivity contribution in [3.63, 3.8) is 0 Å². The number of hydrogen-bond acceptors (Lipinski definition) is 4. The van der Waals surface area contributed by atoms with Crippen LogP contribution in [0, 0.1) is 11.8 Å². The molecular formula is C13H17NO3. The maximum absolute atomic E-state index is 12.3. The molecule has 0 aromatic carbocycles. The van der Waals surface area contributed by atoms with Crippen LogP contribution in [0.1, 0.15) is 13.3 Å². The Balaban J connectivity index is 2.46. The fourth-order valence-electron chi connectivity index (χ4n) is 2.61. The van der Waals surface area contributed by atoms with Crippen LogP contribution >= 0.6 is 0 Å². The molecule has 1 unspecified atom stereocenters. The monoisotopic (exact) mass is 235 g/mol. The number of fused-ring (bicyclic) bond motifs is 2. The third-order valence-corrected chi connectivity index (χ3v) is 3.55. The van der Waals surface area contributed by atoms with Crippen LogP contribution in [0.5, 0.6) is 0 Å². The predicted octanol–water partition coefficient (Wildman–Crippen LogP) is 1.14. The van der Waals surface area contributed by atoms with Crippen LogP contribution in [0.3, 0.4) is 0 Å². The van der Waals surface area contributed by atoms with Gasteiger partial charge in [-0.3, -0.25) is 4.79 Å². The zero-order valence-electron chi connectivity index (χ0n) is 10.3. The van der Waals surface area contributed by atoms with Crippen molar-refractivity contribution in [1.82, 2.24) is 4.90 Å². The van der Waals surface area contributed by atoms with Gasteiger partial charge in [0.25, 0.3) is 0 Å². The molecule has 0 aromatic heterocycles. The van der Waals surface area contributed by atoms with Gasteiger partial charge in [-0.05, 0) is 12.3 Å². The van der Waals surface area contributed by atoms with Crippen LogP contribution in [0.2, 0.25) is 0 Å². The molecule has 0 fully saturated rings. The van der Waals surface area contributed by atoms with E-state index in [0.717, 1.165) is 0 Å². The number of likely N-dealkylation sites (N-methyl/N-ethyl adjacent to an activating group) is 1. The second-order valence-electron chi connectivity index (χ2n) is 4.66. The van der Waals surface area contributed by atoms with Gasteiger partial charge in [-0.2, -0.15) is 0 Å². The fraction of sp³-hybridized carbons (Fsp3) is 0.538. The summed E-state index contributed by atoms with van der Waals surface area (Å²) in [6.45, 7) is 1.96. The fourth-order valence-corrected chi connectivity index (χ4v) is 2.61. The van der Waals surface area contributed by atoms with E-state index < -0.39 is 5.97 Å². The third kappa shape index (κ3) is 1.88. The average Bonchev–Trinajstić information content (AvgIpc) is 2.40. The summed E-state index contributed by atoms with van der Waals surface area (Å²) >= 11 is 0. The summed E-state index contributed by atoms with van der Waals surface area (Å²) in [5.41, 5.74) is 0.468. The first-order valence-electron chi connectivity index (χ1n) is 5.78. The number of ether oxygens (including phenoxy) is 1. The highest BCUT2D eigenvalue weighted by Crippen LogP contribution is 2.34. The minimum Gasteiger partial charge on any atom is -0.466 e. The number of esters is 1. The normalized spacial score (nSPS) is 31.9. The summed E-state index contributed by atoms with van der Waals surface area (Å²) in [5.74, 6) is -0.599. The Morgan fingerprint density at radius 3 is 2.88 bits per heavy atom. The lowest BCUT2D eigenvalue weighted by atomic mass is 9.80. The van der Waals surface area contributed by atoms with Crippen molar-refractivity contribution < 1.29 is 14.3 Å². The van der Waals surface area contributed by atoms with Crippen LogP contribution in [0.4, 0.5) is 0 Å². The number of carbonyl (C=O) groups excluding carboxylic acids is 2. The molecule has 92 valence electrons. The molecule has 0 aromatic rings. The number of ketones is 1. The van der Waals surface area contributed by atoms with Crippen molar-refractivity contribution in [2.75, 3.05) is 14.2 Å². The zero-order chi connectivity index (χ0) is 12.6. The highest BCUT2D eigenvalue weighted by molar-refractivity contribution is 6.01. The molecule has 1 heterocycles. The Kier molecular flexibility index (Phi) is 3.05. The predicted molar refractivity (Wildman–Crippen MR) is 63.1 cm³/mol. The highest BCUT2D eigenvalue weighted by atomic mass is 16.5. The Bertz CT molecular complexity index is 411. The molecule has 0 saturated carbocycles. The van der Waals surface area contributed by atoms with Crippen LogP contribution in [0.25, 0.3) is 0 Å². The molecule has 3 atom stereocenters. The SMILES string of the molecule is COC(=O)C1=CN(C)[C@@H]2CC=CC(C)[C@H]1C2=O. The molecule has 0 N–H and O–H groups in total. The van der Waals surface area contributed by atoms with E-state index in [2.05, 4.69) is 0 Å². The Morgan fingerprint density at radius 1 is 1.53 bits per heavy atom. The molecule has 0 radical (unpaired) electrons. The lowest BCUT2D eigenvalue weighted by Crippen LogP contribution is -2.45. The topological polar surface area (TPSA) is 46.6 Å². The van der Waals surface area contributed by atoms with Crippen molar-refractivity contribution in [1.29, 1.82) is 0 Å². The molecule has 1 aliphatic carbocycles. The summed E-state index contributed by atoms with van der Waals surface area (Å²) < 4.78 is 4.76. The molecule has 1 aliphatic heterocycles. The molecule has 0 saturated heterocycles. The number of Topliss-reactive ketones (excluding diaryl/α,β-unsaturated/α-hetero) is 1. The highest BCUT2D eigenvalue weighted by Gasteiger charge is 2.41. The summed E-state index contributed by atoms with van der Waals surface area (Å²) in [5, 5.41) is 0. The van der Waals surface area contributed by atoms with E-state index in [1.165, 1.54) is 7.11 Å². The van der Waals surface area contributed by atoms with Crippen molar-refractivity contribution in [3.8, 4) is 0 Å². The van der Waals surface area contributed by atoms with E-state index >= 15 is 0 Å². The zero-order valence-corrected chi connectivity index (χ0v) is 10.3. The summed E-state index contributed by atoms with van der Waals surface area (Å²) in [7, 11) is 3.17. The number of rotatable bonds is 1. The van der Waals surface area contributed by atoms with Gasteiger partial charge in [-0.1, -0.05) is 19.1 Å². The van der Waals surface area contributed by atoms with Gasteiger partial charge >= 0.3 is 5.97 Å². The summed E-state index contributed by atoms with van der Waals surface area (Å²) in [6, 6.07) is -0.144. The summed E-state index contributed by atoms with van der Waals surface area (Å²) in [4.78, 5) is 25.9. The van der Waals surface area contributed by atoms with E-state index in [1.807, 2.05) is 31.0 Å². The van der Waals surface area contributed by atoms with Gasteiger partial charge < -0.3 is 9.64 Å². The first kappa shape index (κ1) is 11.9. The van der Waals surface area contributed by atoms with Crippen molar-refractivity contribution in [2.45, 2.75) is 19.4 Å². The number of allylic oxidation sites excluding steroid dienone is 1. The molecule has 0 amide bonds. The largest absolute Gasteiger partial charge is 0.466 e. The van der Waals surface area contributed by atoms with Crippen LogP contribution in [0.15, 0.2) is 23.9 Å². The molecule has 2 aliphatic rings. The number of carbonyl (C=O) groups is 2. The lowest BCUT2D eigenvalue weighted by Gasteiger charge is -2.34. The quantitative estimate of drug-likeness (QED) is 0.505. The smallest absolute Gasteiger partial charge is 0.335 e. The van der Waals surface area contributed by atoms with Gasteiger partial charge in [0.05, 0.1) is 24.6 Å². The molecule has 2 bridgehead atoms. The van der Waals surface area contributed by atoms with Crippen molar-refractivity contribution >= 4 is 11.8 Å². The van der Waals surface area contributed by atoms with E-state index in [4.69, 9.17) is 4.74 Å². The Hall–Kier alpha value is -1.58. The molecule has 0 spiro atoms. The first-order chi connectivity index (χ1) is 8.06. The van der Waals surface area contributed by atoms with Crippen LogP contribution < -0.4 is 0 Å². The van der Waals surface area contributed by atoms with Gasteiger partial charge in [0.15, 0.2) is 5.78 Å². The van der Waals surface area contributed by atoms with E-state index in [1.54, 1.807) is 6.20 Å². The molecular weight excluding hydrogens is 218 g/mol. The maximum atomic E-state index is 12.3. The van der Waals surface area contributed by atoms with E-state index in [-0.39, 0.29) is 23.7 Å².